The van der Waals surface area contributed by atoms with Gasteiger partial charge in [-0.05, 0) is 13.8 Å². The second-order valence-electron chi connectivity index (χ2n) is 4.60. The standard InChI is InChI=1S/C14H28O6/c1-13-14(2)20-12-10-18-8-6-16-4-3-15-5-7-17-9-11-19-13/h13-14H,3-12H2,1-2H3/t13-,14-/m1/s1. The molecule has 0 unspecified atom stereocenters. The third kappa shape index (κ3) is 9.63. The normalized spacial score (nSPS) is 30.3. The van der Waals surface area contributed by atoms with Gasteiger partial charge in [0.05, 0.1) is 78.3 Å². The summed E-state index contributed by atoms with van der Waals surface area (Å²) in [5.74, 6) is 0. The molecule has 0 spiro atoms. The minimum Gasteiger partial charge on any atom is -0.377 e. The van der Waals surface area contributed by atoms with E-state index >= 15 is 0 Å². The molecule has 1 aliphatic rings. The Bertz CT molecular complexity index is 192. The summed E-state index contributed by atoms with van der Waals surface area (Å²) in [6.07, 6.45) is 0.0779. The van der Waals surface area contributed by atoms with Gasteiger partial charge in [0.25, 0.3) is 0 Å². The molecule has 0 bridgehead atoms. The molecule has 0 radical (unpaired) electrons. The zero-order chi connectivity index (χ0) is 14.5. The minimum absolute atomic E-state index is 0.0390. The van der Waals surface area contributed by atoms with Gasteiger partial charge in [-0.25, -0.2) is 0 Å². The molecule has 1 aliphatic heterocycles. The summed E-state index contributed by atoms with van der Waals surface area (Å²) in [4.78, 5) is 0. The second kappa shape index (κ2) is 12.5. The molecule has 2 atom stereocenters. The molecule has 0 N–H and O–H groups in total. The molecular formula is C14H28O6. The molecule has 0 amide bonds. The van der Waals surface area contributed by atoms with Crippen LogP contribution in [0.4, 0.5) is 0 Å². The smallest absolute Gasteiger partial charge is 0.0807 e. The molecule has 20 heavy (non-hydrogen) atoms. The molecule has 6 nitrogen and oxygen atoms in total. The highest BCUT2D eigenvalue weighted by Gasteiger charge is 2.12. The van der Waals surface area contributed by atoms with Crippen molar-refractivity contribution in [3.63, 3.8) is 0 Å². The summed E-state index contributed by atoms with van der Waals surface area (Å²) in [5.41, 5.74) is 0. The van der Waals surface area contributed by atoms with E-state index in [1.807, 2.05) is 13.8 Å². The van der Waals surface area contributed by atoms with Crippen molar-refractivity contribution >= 4 is 0 Å². The Balaban J connectivity index is 2.18. The Kier molecular flexibility index (Phi) is 11.1. The summed E-state index contributed by atoms with van der Waals surface area (Å²) in [5, 5.41) is 0. The highest BCUT2D eigenvalue weighted by atomic mass is 16.6. The number of ether oxygens (including phenoxy) is 6. The van der Waals surface area contributed by atoms with E-state index in [0.29, 0.717) is 66.1 Å². The first kappa shape index (κ1) is 17.8. The Morgan fingerprint density at radius 1 is 0.450 bits per heavy atom. The lowest BCUT2D eigenvalue weighted by Gasteiger charge is -2.21. The van der Waals surface area contributed by atoms with E-state index in [9.17, 15) is 0 Å². The van der Waals surface area contributed by atoms with E-state index in [4.69, 9.17) is 28.4 Å². The van der Waals surface area contributed by atoms with E-state index in [1.54, 1.807) is 0 Å². The van der Waals surface area contributed by atoms with Crippen LogP contribution in [0.1, 0.15) is 13.8 Å². The van der Waals surface area contributed by atoms with Gasteiger partial charge in [0.2, 0.25) is 0 Å². The van der Waals surface area contributed by atoms with E-state index in [0.717, 1.165) is 0 Å². The summed E-state index contributed by atoms with van der Waals surface area (Å²) in [6.45, 7) is 9.74. The van der Waals surface area contributed by atoms with Gasteiger partial charge in [-0.1, -0.05) is 0 Å². The number of hydrogen-bond acceptors (Lipinski definition) is 6. The molecule has 1 saturated heterocycles. The lowest BCUT2D eigenvalue weighted by atomic mass is 10.2. The van der Waals surface area contributed by atoms with E-state index < -0.39 is 0 Å². The van der Waals surface area contributed by atoms with Crippen molar-refractivity contribution in [2.75, 3.05) is 66.1 Å². The van der Waals surface area contributed by atoms with Crippen LogP contribution < -0.4 is 0 Å². The Labute approximate surface area is 121 Å². The van der Waals surface area contributed by atoms with Gasteiger partial charge >= 0.3 is 0 Å². The summed E-state index contributed by atoms with van der Waals surface area (Å²) in [7, 11) is 0. The third-order valence-corrected chi connectivity index (χ3v) is 2.99. The number of rotatable bonds is 0. The largest absolute Gasteiger partial charge is 0.377 e. The summed E-state index contributed by atoms with van der Waals surface area (Å²) >= 11 is 0. The van der Waals surface area contributed by atoms with Crippen molar-refractivity contribution in [1.29, 1.82) is 0 Å². The lowest BCUT2D eigenvalue weighted by molar-refractivity contribution is -0.0861. The molecular weight excluding hydrogens is 264 g/mol. The van der Waals surface area contributed by atoms with Crippen LogP contribution in [0.3, 0.4) is 0 Å². The predicted molar refractivity (Wildman–Crippen MR) is 74.1 cm³/mol. The van der Waals surface area contributed by atoms with E-state index in [-0.39, 0.29) is 12.2 Å². The van der Waals surface area contributed by atoms with Crippen LogP contribution in [0.5, 0.6) is 0 Å². The van der Waals surface area contributed by atoms with Gasteiger partial charge in [0, 0.05) is 0 Å². The average molecular weight is 292 g/mol. The maximum Gasteiger partial charge on any atom is 0.0807 e. The molecule has 0 aromatic heterocycles. The van der Waals surface area contributed by atoms with Gasteiger partial charge in [0.1, 0.15) is 0 Å². The first-order valence-electron chi connectivity index (χ1n) is 7.35. The molecule has 1 fully saturated rings. The van der Waals surface area contributed by atoms with Crippen LogP contribution in [-0.4, -0.2) is 78.3 Å². The molecule has 6 heteroatoms. The lowest BCUT2D eigenvalue weighted by Crippen LogP contribution is -2.29. The van der Waals surface area contributed by atoms with Crippen LogP contribution in [-0.2, 0) is 28.4 Å². The third-order valence-electron chi connectivity index (χ3n) is 2.99. The van der Waals surface area contributed by atoms with Crippen LogP contribution in [0, 0.1) is 0 Å². The van der Waals surface area contributed by atoms with Crippen LogP contribution in [0.25, 0.3) is 0 Å². The maximum atomic E-state index is 5.65. The Morgan fingerprint density at radius 3 is 1.00 bits per heavy atom. The highest BCUT2D eigenvalue weighted by molar-refractivity contribution is 4.60. The zero-order valence-corrected chi connectivity index (χ0v) is 12.7. The fourth-order valence-corrected chi connectivity index (χ4v) is 1.62. The first-order chi connectivity index (χ1) is 9.80. The molecule has 1 rings (SSSR count). The topological polar surface area (TPSA) is 55.4 Å². The molecule has 0 aromatic carbocycles. The number of hydrogen-bond donors (Lipinski definition) is 0. The Morgan fingerprint density at radius 2 is 0.700 bits per heavy atom. The van der Waals surface area contributed by atoms with Crippen LogP contribution >= 0.6 is 0 Å². The second-order valence-corrected chi connectivity index (χ2v) is 4.60. The van der Waals surface area contributed by atoms with Crippen LogP contribution in [0.15, 0.2) is 0 Å². The predicted octanol–water partition coefficient (Wildman–Crippen LogP) is 0.877. The van der Waals surface area contributed by atoms with Gasteiger partial charge in [-0.3, -0.25) is 0 Å². The van der Waals surface area contributed by atoms with Crippen molar-refractivity contribution in [1.82, 2.24) is 0 Å². The highest BCUT2D eigenvalue weighted by Crippen LogP contribution is 2.03. The van der Waals surface area contributed by atoms with Gasteiger partial charge in [-0.2, -0.15) is 0 Å². The van der Waals surface area contributed by atoms with Crippen molar-refractivity contribution in [3.8, 4) is 0 Å². The maximum absolute atomic E-state index is 5.65. The zero-order valence-electron chi connectivity index (χ0n) is 12.7. The van der Waals surface area contributed by atoms with Crippen molar-refractivity contribution < 1.29 is 28.4 Å². The first-order valence-corrected chi connectivity index (χ1v) is 7.35. The van der Waals surface area contributed by atoms with E-state index in [1.165, 1.54) is 0 Å². The molecule has 1 heterocycles. The quantitative estimate of drug-likeness (QED) is 0.660. The fraction of sp³-hybridized carbons (Fsp3) is 1.00. The monoisotopic (exact) mass is 292 g/mol. The minimum atomic E-state index is 0.0390. The molecule has 0 aliphatic carbocycles. The van der Waals surface area contributed by atoms with Gasteiger partial charge in [0.15, 0.2) is 0 Å². The molecule has 120 valence electrons. The van der Waals surface area contributed by atoms with E-state index in [2.05, 4.69) is 0 Å². The van der Waals surface area contributed by atoms with Crippen molar-refractivity contribution in [3.05, 3.63) is 0 Å². The summed E-state index contributed by atoms with van der Waals surface area (Å²) in [6, 6.07) is 0. The fourth-order valence-electron chi connectivity index (χ4n) is 1.62. The summed E-state index contributed by atoms with van der Waals surface area (Å²) < 4.78 is 32.8. The average Bonchev–Trinajstić information content (AvgIpc) is 2.45. The SMILES string of the molecule is C[C@H]1OCCOCCOCCOCCOCCO[C@@H]1C. The Hall–Kier alpha value is -0.240. The van der Waals surface area contributed by atoms with Gasteiger partial charge in [-0.15, -0.1) is 0 Å². The van der Waals surface area contributed by atoms with Gasteiger partial charge < -0.3 is 28.4 Å². The molecule has 0 aromatic rings. The molecule has 0 saturated carbocycles. The van der Waals surface area contributed by atoms with Crippen LogP contribution in [0.2, 0.25) is 0 Å². The van der Waals surface area contributed by atoms with Crippen molar-refractivity contribution in [2.45, 2.75) is 26.1 Å². The van der Waals surface area contributed by atoms with Crippen molar-refractivity contribution in [2.24, 2.45) is 0 Å².